The van der Waals surface area contributed by atoms with E-state index in [1.807, 2.05) is 12.1 Å². The molecular formula is C22H24N6O2. The van der Waals surface area contributed by atoms with E-state index < -0.39 is 5.60 Å². The average molecular weight is 404 g/mol. The normalized spacial score (nSPS) is 18.2. The van der Waals surface area contributed by atoms with Gasteiger partial charge in [0.1, 0.15) is 11.6 Å². The summed E-state index contributed by atoms with van der Waals surface area (Å²) in [5.74, 6) is 0.506. The molecule has 0 aliphatic heterocycles. The number of anilines is 2. The average Bonchev–Trinajstić information content (AvgIpc) is 3.47. The van der Waals surface area contributed by atoms with E-state index in [4.69, 9.17) is 11.1 Å². The predicted octanol–water partition coefficient (Wildman–Crippen LogP) is 2.81. The van der Waals surface area contributed by atoms with Crippen LogP contribution in [-0.4, -0.2) is 37.8 Å². The Bertz CT molecular complexity index is 1140. The fourth-order valence-corrected chi connectivity index (χ4v) is 3.57. The fourth-order valence-electron chi connectivity index (χ4n) is 3.57. The first-order valence-electron chi connectivity index (χ1n) is 9.78. The lowest BCUT2D eigenvalue weighted by Gasteiger charge is -2.19. The molecule has 1 aliphatic rings. The van der Waals surface area contributed by atoms with E-state index >= 15 is 0 Å². The molecule has 0 radical (unpaired) electrons. The van der Waals surface area contributed by atoms with E-state index in [2.05, 4.69) is 20.3 Å². The molecule has 1 fully saturated rings. The van der Waals surface area contributed by atoms with Crippen molar-refractivity contribution in [3.63, 3.8) is 0 Å². The molecule has 2 atom stereocenters. The molecule has 0 aromatic carbocycles. The van der Waals surface area contributed by atoms with Crippen LogP contribution < -0.4 is 11.1 Å². The first kappa shape index (κ1) is 19.9. The number of amides is 1. The minimum Gasteiger partial charge on any atom is -0.390 e. The maximum Gasteiger partial charge on any atom is 0.229 e. The predicted molar refractivity (Wildman–Crippen MR) is 116 cm³/mol. The molecule has 154 valence electrons. The Morgan fingerprint density at radius 1 is 1.40 bits per heavy atom. The standard InChI is InChI=1S/C22H24N6O2/c1-22(2,30)8-12-3-4-25-10-16(12)18-6-13-7-19(26-11-17(13)20(24)27-18)28-21(29)15-5-14(15)9-23/h3-4,6-7,9-11,14-15,23,30H,5,8H2,1-2H3,(H2,24,27)(H,26,28,29)/t14-,15+/m0/s1. The topological polar surface area (TPSA) is 138 Å². The summed E-state index contributed by atoms with van der Waals surface area (Å²) in [6.45, 7) is 3.51. The fraction of sp³-hybridized carbons (Fsp3) is 0.318. The number of aliphatic hydroxyl groups is 1. The van der Waals surface area contributed by atoms with Crippen LogP contribution in [0.25, 0.3) is 22.0 Å². The monoisotopic (exact) mass is 404 g/mol. The summed E-state index contributed by atoms with van der Waals surface area (Å²) >= 11 is 0. The summed E-state index contributed by atoms with van der Waals surface area (Å²) < 4.78 is 0. The number of nitrogens with zero attached hydrogens (tertiary/aromatic N) is 3. The van der Waals surface area contributed by atoms with Crippen LogP contribution in [0, 0.1) is 17.2 Å². The Hall–Kier alpha value is -3.39. The third kappa shape index (κ3) is 4.13. The van der Waals surface area contributed by atoms with E-state index in [0.29, 0.717) is 35.6 Å². The summed E-state index contributed by atoms with van der Waals surface area (Å²) in [5, 5.41) is 21.8. The number of fused-ring (bicyclic) bond motifs is 1. The minimum absolute atomic E-state index is 0.0247. The lowest BCUT2D eigenvalue weighted by Crippen LogP contribution is -2.22. The van der Waals surface area contributed by atoms with Crippen molar-refractivity contribution in [2.24, 2.45) is 11.8 Å². The molecule has 0 bridgehead atoms. The molecule has 8 nitrogen and oxygen atoms in total. The number of hydrogen-bond donors (Lipinski definition) is 4. The number of hydrogen-bond acceptors (Lipinski definition) is 7. The lowest BCUT2D eigenvalue weighted by atomic mass is 9.94. The van der Waals surface area contributed by atoms with E-state index in [1.165, 1.54) is 6.21 Å². The molecular weight excluding hydrogens is 380 g/mol. The van der Waals surface area contributed by atoms with Gasteiger partial charge in [-0.15, -0.1) is 0 Å². The van der Waals surface area contributed by atoms with Gasteiger partial charge in [0.2, 0.25) is 5.91 Å². The van der Waals surface area contributed by atoms with Crippen molar-refractivity contribution in [3.8, 4) is 11.3 Å². The van der Waals surface area contributed by atoms with Crippen molar-refractivity contribution in [1.29, 1.82) is 5.41 Å². The number of aromatic nitrogens is 3. The van der Waals surface area contributed by atoms with Crippen LogP contribution in [0.4, 0.5) is 11.6 Å². The van der Waals surface area contributed by atoms with Gasteiger partial charge in [0, 0.05) is 47.8 Å². The molecule has 1 aliphatic carbocycles. The third-order valence-corrected chi connectivity index (χ3v) is 5.20. The SMILES string of the molecule is CC(C)(O)Cc1ccncc1-c1cc2cc(NC(=O)[C@@H]3C[C@H]3C=N)ncc2c(N)n1. The highest BCUT2D eigenvalue weighted by molar-refractivity contribution is 5.99. The zero-order chi connectivity index (χ0) is 21.5. The molecule has 3 aromatic rings. The molecule has 30 heavy (non-hydrogen) atoms. The van der Waals surface area contributed by atoms with Crippen LogP contribution in [0.5, 0.6) is 0 Å². The Labute approximate surface area is 174 Å². The van der Waals surface area contributed by atoms with Gasteiger partial charge in [-0.3, -0.25) is 9.78 Å². The number of carbonyl (C=O) groups is 1. The molecule has 0 spiro atoms. The zero-order valence-corrected chi connectivity index (χ0v) is 16.9. The molecule has 8 heteroatoms. The summed E-state index contributed by atoms with van der Waals surface area (Å²) in [5.41, 5.74) is 7.66. The summed E-state index contributed by atoms with van der Waals surface area (Å²) in [6.07, 6.45) is 7.45. The number of nitrogen functional groups attached to an aromatic ring is 1. The van der Waals surface area contributed by atoms with Gasteiger partial charge in [-0.05, 0) is 55.6 Å². The van der Waals surface area contributed by atoms with Crippen molar-refractivity contribution >= 4 is 34.5 Å². The van der Waals surface area contributed by atoms with Crippen molar-refractivity contribution in [2.75, 3.05) is 11.1 Å². The van der Waals surface area contributed by atoms with Crippen molar-refractivity contribution < 1.29 is 9.90 Å². The highest BCUT2D eigenvalue weighted by Crippen LogP contribution is 2.37. The van der Waals surface area contributed by atoms with Gasteiger partial charge >= 0.3 is 0 Å². The van der Waals surface area contributed by atoms with Gasteiger partial charge in [-0.1, -0.05) is 0 Å². The van der Waals surface area contributed by atoms with Gasteiger partial charge < -0.3 is 21.6 Å². The molecule has 3 heterocycles. The molecule has 0 saturated heterocycles. The Balaban J connectivity index is 1.69. The Kier molecular flexibility index (Phi) is 4.95. The van der Waals surface area contributed by atoms with Crippen LogP contribution in [-0.2, 0) is 11.2 Å². The highest BCUT2D eigenvalue weighted by Gasteiger charge is 2.41. The first-order valence-corrected chi connectivity index (χ1v) is 9.78. The van der Waals surface area contributed by atoms with Crippen LogP contribution in [0.15, 0.2) is 36.8 Å². The smallest absolute Gasteiger partial charge is 0.229 e. The molecule has 1 saturated carbocycles. The van der Waals surface area contributed by atoms with Gasteiger partial charge in [-0.2, -0.15) is 0 Å². The third-order valence-electron chi connectivity index (χ3n) is 5.20. The van der Waals surface area contributed by atoms with E-state index in [0.717, 1.165) is 16.5 Å². The van der Waals surface area contributed by atoms with E-state index in [-0.39, 0.29) is 17.7 Å². The molecule has 5 N–H and O–H groups in total. The number of nitrogens with two attached hydrogens (primary N) is 1. The van der Waals surface area contributed by atoms with Gasteiger partial charge in [-0.25, -0.2) is 9.97 Å². The molecule has 0 unspecified atom stereocenters. The number of pyridine rings is 3. The zero-order valence-electron chi connectivity index (χ0n) is 16.9. The van der Waals surface area contributed by atoms with Crippen LogP contribution >= 0.6 is 0 Å². The van der Waals surface area contributed by atoms with Crippen LogP contribution in [0.2, 0.25) is 0 Å². The molecule has 1 amide bonds. The first-order chi connectivity index (χ1) is 14.2. The molecule has 3 aromatic heterocycles. The number of nitrogens with one attached hydrogen (secondary N) is 2. The molecule has 4 rings (SSSR count). The van der Waals surface area contributed by atoms with Crippen molar-refractivity contribution in [3.05, 3.63) is 42.4 Å². The second-order valence-corrected chi connectivity index (χ2v) is 8.37. The second-order valence-electron chi connectivity index (χ2n) is 8.37. The minimum atomic E-state index is -0.878. The van der Waals surface area contributed by atoms with Gasteiger partial charge in [0.15, 0.2) is 0 Å². The van der Waals surface area contributed by atoms with Gasteiger partial charge in [0.25, 0.3) is 0 Å². The maximum absolute atomic E-state index is 12.3. The quantitative estimate of drug-likeness (QED) is 0.466. The summed E-state index contributed by atoms with van der Waals surface area (Å²) in [6, 6.07) is 5.51. The summed E-state index contributed by atoms with van der Waals surface area (Å²) in [7, 11) is 0. The van der Waals surface area contributed by atoms with E-state index in [1.54, 1.807) is 38.5 Å². The van der Waals surface area contributed by atoms with Crippen molar-refractivity contribution in [2.45, 2.75) is 32.3 Å². The Morgan fingerprint density at radius 2 is 2.20 bits per heavy atom. The Morgan fingerprint density at radius 3 is 2.90 bits per heavy atom. The van der Waals surface area contributed by atoms with Crippen molar-refractivity contribution in [1.82, 2.24) is 15.0 Å². The highest BCUT2D eigenvalue weighted by atomic mass is 16.3. The maximum atomic E-state index is 12.3. The van der Waals surface area contributed by atoms with Crippen LogP contribution in [0.3, 0.4) is 0 Å². The van der Waals surface area contributed by atoms with E-state index in [9.17, 15) is 9.90 Å². The number of rotatable bonds is 6. The lowest BCUT2D eigenvalue weighted by molar-refractivity contribution is -0.117. The van der Waals surface area contributed by atoms with Gasteiger partial charge in [0.05, 0.1) is 11.3 Å². The largest absolute Gasteiger partial charge is 0.390 e. The number of carbonyl (C=O) groups excluding carboxylic acids is 1. The van der Waals surface area contributed by atoms with Crippen LogP contribution in [0.1, 0.15) is 25.8 Å². The second kappa shape index (κ2) is 7.46. The summed E-state index contributed by atoms with van der Waals surface area (Å²) in [4.78, 5) is 25.3.